The predicted octanol–water partition coefficient (Wildman–Crippen LogP) is 1.37. The van der Waals surface area contributed by atoms with Gasteiger partial charge >= 0.3 is 5.97 Å². The molecular formula is C11H11ClN2O3. The molecule has 1 N–H and O–H groups in total. The van der Waals surface area contributed by atoms with Gasteiger partial charge in [-0.25, -0.2) is 4.79 Å². The van der Waals surface area contributed by atoms with E-state index in [0.29, 0.717) is 24.5 Å². The number of carbonyl (C=O) groups excluding carboxylic acids is 1. The first kappa shape index (κ1) is 11.9. The lowest BCUT2D eigenvalue weighted by Gasteiger charge is -2.17. The minimum absolute atomic E-state index is 0.0750. The lowest BCUT2D eigenvalue weighted by molar-refractivity contribution is -0.117. The van der Waals surface area contributed by atoms with Gasteiger partial charge in [0, 0.05) is 25.0 Å². The van der Waals surface area contributed by atoms with Gasteiger partial charge in [-0.2, -0.15) is 0 Å². The largest absolute Gasteiger partial charge is 0.478 e. The van der Waals surface area contributed by atoms with E-state index in [-0.39, 0.29) is 17.4 Å². The first-order chi connectivity index (χ1) is 8.13. The number of carbonyl (C=O) groups is 2. The van der Waals surface area contributed by atoms with E-state index >= 15 is 0 Å². The van der Waals surface area contributed by atoms with Crippen LogP contribution in [0.3, 0.4) is 0 Å². The summed E-state index contributed by atoms with van der Waals surface area (Å²) in [4.78, 5) is 28.1. The van der Waals surface area contributed by atoms with Crippen molar-refractivity contribution in [3.05, 3.63) is 24.0 Å². The molecule has 2 heterocycles. The van der Waals surface area contributed by atoms with Gasteiger partial charge in [0.2, 0.25) is 5.91 Å². The van der Waals surface area contributed by atoms with Gasteiger partial charge < -0.3 is 10.0 Å². The molecule has 2 rings (SSSR count). The fourth-order valence-electron chi connectivity index (χ4n) is 1.90. The van der Waals surface area contributed by atoms with E-state index in [1.54, 1.807) is 0 Å². The molecule has 0 saturated carbocycles. The predicted molar refractivity (Wildman–Crippen MR) is 62.4 cm³/mol. The third-order valence-electron chi connectivity index (χ3n) is 2.74. The second-order valence-corrected chi connectivity index (χ2v) is 4.24. The molecule has 0 spiro atoms. The maximum atomic E-state index is 11.8. The SMILES string of the molecule is O=C(O)c1ccncc1N1CC(CCl)CC1=O. The van der Waals surface area contributed by atoms with Crippen LogP contribution in [-0.2, 0) is 4.79 Å². The van der Waals surface area contributed by atoms with E-state index in [9.17, 15) is 9.59 Å². The Morgan fingerprint density at radius 2 is 2.41 bits per heavy atom. The number of aromatic carboxylic acids is 1. The number of nitrogens with zero attached hydrogens (tertiary/aromatic N) is 2. The van der Waals surface area contributed by atoms with E-state index < -0.39 is 5.97 Å². The molecule has 1 aliphatic heterocycles. The van der Waals surface area contributed by atoms with Gasteiger partial charge in [0.1, 0.15) is 0 Å². The van der Waals surface area contributed by atoms with Crippen LogP contribution in [0, 0.1) is 5.92 Å². The van der Waals surface area contributed by atoms with Crippen LogP contribution >= 0.6 is 11.6 Å². The van der Waals surface area contributed by atoms with Crippen molar-refractivity contribution in [2.45, 2.75) is 6.42 Å². The number of hydrogen-bond acceptors (Lipinski definition) is 3. The van der Waals surface area contributed by atoms with Crippen molar-refractivity contribution >= 4 is 29.2 Å². The van der Waals surface area contributed by atoms with Crippen molar-refractivity contribution in [1.29, 1.82) is 0 Å². The summed E-state index contributed by atoms with van der Waals surface area (Å²) in [6.45, 7) is 0.453. The second-order valence-electron chi connectivity index (χ2n) is 3.93. The first-order valence-corrected chi connectivity index (χ1v) is 5.70. The highest BCUT2D eigenvalue weighted by Gasteiger charge is 2.32. The smallest absolute Gasteiger partial charge is 0.337 e. The van der Waals surface area contributed by atoms with Crippen LogP contribution in [-0.4, -0.2) is 34.4 Å². The van der Waals surface area contributed by atoms with E-state index in [4.69, 9.17) is 16.7 Å². The standard InChI is InChI=1S/C11H11ClN2O3/c12-4-7-3-10(15)14(6-7)9-5-13-2-1-8(9)11(16)17/h1-2,5,7H,3-4,6H2,(H,16,17). The Morgan fingerprint density at radius 3 is 3.00 bits per heavy atom. The molecular weight excluding hydrogens is 244 g/mol. The van der Waals surface area contributed by atoms with Crippen molar-refractivity contribution in [2.24, 2.45) is 5.92 Å². The summed E-state index contributed by atoms with van der Waals surface area (Å²) >= 11 is 5.72. The highest BCUT2D eigenvalue weighted by Crippen LogP contribution is 2.27. The van der Waals surface area contributed by atoms with Crippen molar-refractivity contribution in [3.8, 4) is 0 Å². The molecule has 1 aliphatic rings. The minimum Gasteiger partial charge on any atom is -0.478 e. The Hall–Kier alpha value is -1.62. The maximum Gasteiger partial charge on any atom is 0.337 e. The van der Waals surface area contributed by atoms with Crippen molar-refractivity contribution < 1.29 is 14.7 Å². The van der Waals surface area contributed by atoms with Crippen molar-refractivity contribution in [2.75, 3.05) is 17.3 Å². The molecule has 1 aromatic heterocycles. The van der Waals surface area contributed by atoms with Crippen LogP contribution in [0.15, 0.2) is 18.5 Å². The minimum atomic E-state index is -1.07. The average Bonchev–Trinajstić information content (AvgIpc) is 2.70. The number of hydrogen-bond donors (Lipinski definition) is 1. The average molecular weight is 255 g/mol. The monoisotopic (exact) mass is 254 g/mol. The van der Waals surface area contributed by atoms with Crippen LogP contribution in [0.1, 0.15) is 16.8 Å². The molecule has 1 saturated heterocycles. The Kier molecular flexibility index (Phi) is 3.28. The summed E-state index contributed by atoms with van der Waals surface area (Å²) in [5, 5.41) is 9.04. The summed E-state index contributed by atoms with van der Waals surface area (Å²) < 4.78 is 0. The number of anilines is 1. The molecule has 0 radical (unpaired) electrons. The summed E-state index contributed by atoms with van der Waals surface area (Å²) in [6.07, 6.45) is 3.15. The zero-order valence-electron chi connectivity index (χ0n) is 8.97. The Balaban J connectivity index is 2.35. The van der Waals surface area contributed by atoms with E-state index in [1.165, 1.54) is 23.4 Å². The van der Waals surface area contributed by atoms with Gasteiger partial charge in [0.05, 0.1) is 17.4 Å². The number of pyridine rings is 1. The van der Waals surface area contributed by atoms with Crippen LogP contribution < -0.4 is 4.90 Å². The van der Waals surface area contributed by atoms with Gasteiger partial charge in [-0.15, -0.1) is 11.6 Å². The number of halogens is 1. The third kappa shape index (κ3) is 2.24. The topological polar surface area (TPSA) is 70.5 Å². The lowest BCUT2D eigenvalue weighted by Crippen LogP contribution is -2.26. The van der Waals surface area contributed by atoms with Crippen molar-refractivity contribution in [3.63, 3.8) is 0 Å². The number of alkyl halides is 1. The molecule has 5 nitrogen and oxygen atoms in total. The molecule has 1 amide bonds. The van der Waals surface area contributed by atoms with Crippen molar-refractivity contribution in [1.82, 2.24) is 4.98 Å². The molecule has 6 heteroatoms. The van der Waals surface area contributed by atoms with Gasteiger partial charge in [-0.1, -0.05) is 0 Å². The Morgan fingerprint density at radius 1 is 1.65 bits per heavy atom. The summed E-state index contributed by atoms with van der Waals surface area (Å²) in [6, 6.07) is 1.39. The van der Waals surface area contributed by atoms with Gasteiger partial charge in [0.25, 0.3) is 0 Å². The molecule has 1 unspecified atom stereocenters. The van der Waals surface area contributed by atoms with Crippen LogP contribution in [0.5, 0.6) is 0 Å². The lowest BCUT2D eigenvalue weighted by atomic mass is 10.1. The maximum absolute atomic E-state index is 11.8. The van der Waals surface area contributed by atoms with Crippen LogP contribution in [0.4, 0.5) is 5.69 Å². The number of aromatic nitrogens is 1. The van der Waals surface area contributed by atoms with Crippen LogP contribution in [0.2, 0.25) is 0 Å². The molecule has 17 heavy (non-hydrogen) atoms. The second kappa shape index (κ2) is 4.71. The summed E-state index contributed by atoms with van der Waals surface area (Å²) in [7, 11) is 0. The fraction of sp³-hybridized carbons (Fsp3) is 0.364. The summed E-state index contributed by atoms with van der Waals surface area (Å²) in [5.74, 6) is -0.702. The Labute approximate surface area is 103 Å². The quantitative estimate of drug-likeness (QED) is 0.827. The number of carboxylic acids is 1. The van der Waals surface area contributed by atoms with Gasteiger partial charge in [-0.05, 0) is 12.0 Å². The zero-order chi connectivity index (χ0) is 12.4. The van der Waals surface area contributed by atoms with Crippen LogP contribution in [0.25, 0.3) is 0 Å². The van der Waals surface area contributed by atoms with Gasteiger partial charge in [-0.3, -0.25) is 9.78 Å². The number of amides is 1. The van der Waals surface area contributed by atoms with Gasteiger partial charge in [0.15, 0.2) is 0 Å². The molecule has 0 bridgehead atoms. The molecule has 0 aromatic carbocycles. The molecule has 1 aromatic rings. The first-order valence-electron chi connectivity index (χ1n) is 5.17. The van der Waals surface area contributed by atoms with E-state index in [2.05, 4.69) is 4.98 Å². The highest BCUT2D eigenvalue weighted by atomic mass is 35.5. The summed E-state index contributed by atoms with van der Waals surface area (Å²) in [5.41, 5.74) is 0.432. The zero-order valence-corrected chi connectivity index (χ0v) is 9.72. The molecule has 1 atom stereocenters. The number of carboxylic acid groups (broad SMARTS) is 1. The highest BCUT2D eigenvalue weighted by molar-refractivity contribution is 6.18. The Bertz CT molecular complexity index is 464. The molecule has 0 aliphatic carbocycles. The third-order valence-corrected chi connectivity index (χ3v) is 3.18. The molecule has 1 fully saturated rings. The molecule has 90 valence electrons. The van der Waals surface area contributed by atoms with E-state index in [1.807, 2.05) is 0 Å². The van der Waals surface area contributed by atoms with E-state index in [0.717, 1.165) is 0 Å². The number of rotatable bonds is 3. The normalized spacial score (nSPS) is 19.7. The fourth-order valence-corrected chi connectivity index (χ4v) is 2.11.